The van der Waals surface area contributed by atoms with Crippen LogP contribution in [0.4, 0.5) is 5.95 Å². The highest BCUT2D eigenvalue weighted by Gasteiger charge is 2.24. The van der Waals surface area contributed by atoms with Crippen LogP contribution in [0.2, 0.25) is 0 Å². The van der Waals surface area contributed by atoms with Crippen molar-refractivity contribution in [2.45, 2.75) is 52.4 Å². The lowest BCUT2D eigenvalue weighted by Crippen LogP contribution is -2.36. The van der Waals surface area contributed by atoms with Gasteiger partial charge in [-0.05, 0) is 59.9 Å². The van der Waals surface area contributed by atoms with Crippen molar-refractivity contribution in [1.82, 2.24) is 24.5 Å². The van der Waals surface area contributed by atoms with Crippen molar-refractivity contribution < 1.29 is 4.74 Å². The van der Waals surface area contributed by atoms with Crippen LogP contribution in [-0.4, -0.2) is 44.2 Å². The van der Waals surface area contributed by atoms with Gasteiger partial charge in [0.05, 0.1) is 24.8 Å². The summed E-state index contributed by atoms with van der Waals surface area (Å²) in [5.41, 5.74) is 6.85. The van der Waals surface area contributed by atoms with Gasteiger partial charge < -0.3 is 14.2 Å². The molecule has 1 saturated heterocycles. The quantitative estimate of drug-likeness (QED) is 0.372. The normalized spacial score (nSPS) is 15.0. The van der Waals surface area contributed by atoms with Crippen molar-refractivity contribution in [3.63, 3.8) is 0 Å². The van der Waals surface area contributed by atoms with Gasteiger partial charge in [0, 0.05) is 32.8 Å². The standard InChI is InChI=1S/C29H36N6O/c1-20-8-9-23(29(2,3)4)15-22(20)16-25-26-27(31-19-34(26)5)33-28(32-25)35-13-10-21(11-14-35)18-36-24-7-6-12-30-17-24/h6-9,12,15,17,19,21H,10-11,13-14,16,18H2,1-5H3. The van der Waals surface area contributed by atoms with Crippen LogP contribution in [0.5, 0.6) is 5.75 Å². The summed E-state index contributed by atoms with van der Waals surface area (Å²) in [4.78, 5) is 21.0. The molecule has 5 rings (SSSR count). The summed E-state index contributed by atoms with van der Waals surface area (Å²) in [6.07, 6.45) is 8.23. The fourth-order valence-electron chi connectivity index (χ4n) is 4.85. The molecule has 0 atom stereocenters. The van der Waals surface area contributed by atoms with Gasteiger partial charge >= 0.3 is 0 Å². The van der Waals surface area contributed by atoms with Crippen molar-refractivity contribution in [1.29, 1.82) is 0 Å². The Morgan fingerprint density at radius 3 is 2.61 bits per heavy atom. The molecular weight excluding hydrogens is 448 g/mol. The summed E-state index contributed by atoms with van der Waals surface area (Å²) in [6, 6.07) is 10.7. The minimum absolute atomic E-state index is 0.103. The zero-order valence-electron chi connectivity index (χ0n) is 22.0. The number of fused-ring (bicyclic) bond motifs is 1. The van der Waals surface area contributed by atoms with Gasteiger partial charge in [-0.15, -0.1) is 0 Å². The number of hydrogen-bond donors (Lipinski definition) is 0. The first kappa shape index (κ1) is 24.2. The molecule has 0 aliphatic carbocycles. The number of ether oxygens (including phenoxy) is 1. The number of aromatic nitrogens is 5. The van der Waals surface area contributed by atoms with Crippen LogP contribution in [0.1, 0.15) is 56.0 Å². The van der Waals surface area contributed by atoms with Crippen LogP contribution in [0.25, 0.3) is 11.2 Å². The summed E-state index contributed by atoms with van der Waals surface area (Å²) in [6.45, 7) is 11.5. The molecule has 36 heavy (non-hydrogen) atoms. The largest absolute Gasteiger partial charge is 0.492 e. The molecule has 3 aromatic heterocycles. The molecule has 7 nitrogen and oxygen atoms in total. The van der Waals surface area contributed by atoms with E-state index in [0.29, 0.717) is 12.5 Å². The number of benzene rings is 1. The minimum atomic E-state index is 0.103. The molecule has 1 aromatic carbocycles. The van der Waals surface area contributed by atoms with E-state index >= 15 is 0 Å². The highest BCUT2D eigenvalue weighted by atomic mass is 16.5. The third-order valence-electron chi connectivity index (χ3n) is 7.22. The van der Waals surface area contributed by atoms with Crippen molar-refractivity contribution in [2.75, 3.05) is 24.6 Å². The van der Waals surface area contributed by atoms with Gasteiger partial charge in [0.25, 0.3) is 0 Å². The van der Waals surface area contributed by atoms with E-state index in [0.717, 1.165) is 60.9 Å². The fourth-order valence-corrected chi connectivity index (χ4v) is 4.85. The first-order valence-corrected chi connectivity index (χ1v) is 12.8. The van der Waals surface area contributed by atoms with E-state index in [-0.39, 0.29) is 5.41 Å². The maximum absolute atomic E-state index is 5.95. The third kappa shape index (κ3) is 5.20. The monoisotopic (exact) mass is 484 g/mol. The molecule has 1 aliphatic heterocycles. The van der Waals surface area contributed by atoms with Crippen LogP contribution in [0.15, 0.2) is 49.1 Å². The average molecular weight is 485 g/mol. The van der Waals surface area contributed by atoms with Gasteiger partial charge in [0.15, 0.2) is 5.65 Å². The molecule has 0 bridgehead atoms. The first-order valence-electron chi connectivity index (χ1n) is 12.8. The number of nitrogens with zero attached hydrogens (tertiary/aromatic N) is 6. The third-order valence-corrected chi connectivity index (χ3v) is 7.22. The van der Waals surface area contributed by atoms with Crippen LogP contribution in [0, 0.1) is 12.8 Å². The molecule has 0 spiro atoms. The lowest BCUT2D eigenvalue weighted by Gasteiger charge is -2.32. The summed E-state index contributed by atoms with van der Waals surface area (Å²) >= 11 is 0. The Bertz CT molecular complexity index is 1330. The molecule has 0 saturated carbocycles. The number of aryl methyl sites for hydroxylation is 2. The summed E-state index contributed by atoms with van der Waals surface area (Å²) in [5.74, 6) is 2.13. The second kappa shape index (κ2) is 9.88. The minimum Gasteiger partial charge on any atom is -0.492 e. The Kier molecular flexibility index (Phi) is 6.65. The smallest absolute Gasteiger partial charge is 0.227 e. The molecule has 4 heterocycles. The molecule has 0 radical (unpaired) electrons. The van der Waals surface area contributed by atoms with E-state index in [1.807, 2.05) is 30.1 Å². The predicted octanol–water partition coefficient (Wildman–Crippen LogP) is 5.25. The maximum atomic E-state index is 5.95. The number of anilines is 1. The molecule has 0 amide bonds. The Balaban J connectivity index is 1.35. The summed E-state index contributed by atoms with van der Waals surface area (Å²) in [5, 5.41) is 0. The molecule has 0 unspecified atom stereocenters. The summed E-state index contributed by atoms with van der Waals surface area (Å²) in [7, 11) is 2.02. The van der Waals surface area contributed by atoms with Crippen LogP contribution in [-0.2, 0) is 18.9 Å². The number of pyridine rings is 1. The number of piperidine rings is 1. The topological polar surface area (TPSA) is 69.0 Å². The molecular formula is C29H36N6O. The zero-order valence-corrected chi connectivity index (χ0v) is 22.0. The second-order valence-corrected chi connectivity index (χ2v) is 11.0. The Morgan fingerprint density at radius 2 is 1.89 bits per heavy atom. The van der Waals surface area contributed by atoms with E-state index in [9.17, 15) is 0 Å². The van der Waals surface area contributed by atoms with E-state index in [4.69, 9.17) is 14.7 Å². The Hall–Kier alpha value is -3.48. The van der Waals surface area contributed by atoms with Crippen LogP contribution in [0.3, 0.4) is 0 Å². The lowest BCUT2D eigenvalue weighted by atomic mass is 9.84. The van der Waals surface area contributed by atoms with Crippen molar-refractivity contribution in [3.8, 4) is 5.75 Å². The number of imidazole rings is 1. The maximum Gasteiger partial charge on any atom is 0.227 e. The van der Waals surface area contributed by atoms with Gasteiger partial charge in [-0.25, -0.2) is 9.97 Å². The zero-order chi connectivity index (χ0) is 25.3. The van der Waals surface area contributed by atoms with E-state index in [2.05, 4.69) is 60.8 Å². The Labute approximate surface area is 213 Å². The molecule has 7 heteroatoms. The lowest BCUT2D eigenvalue weighted by molar-refractivity contribution is 0.222. The molecule has 1 fully saturated rings. The molecule has 188 valence electrons. The number of hydrogen-bond acceptors (Lipinski definition) is 6. The number of rotatable bonds is 6. The van der Waals surface area contributed by atoms with Gasteiger partial charge in [0.2, 0.25) is 5.95 Å². The van der Waals surface area contributed by atoms with Crippen molar-refractivity contribution in [2.24, 2.45) is 13.0 Å². The Morgan fingerprint density at radius 1 is 1.08 bits per heavy atom. The highest BCUT2D eigenvalue weighted by molar-refractivity contribution is 5.75. The van der Waals surface area contributed by atoms with E-state index in [1.165, 1.54) is 16.7 Å². The SMILES string of the molecule is Cc1ccc(C(C)(C)C)cc1Cc1nc(N2CCC(COc3cccnc3)CC2)nc2ncn(C)c12. The highest BCUT2D eigenvalue weighted by Crippen LogP contribution is 2.29. The fraction of sp³-hybridized carbons (Fsp3) is 0.448. The molecule has 4 aromatic rings. The van der Waals surface area contributed by atoms with E-state index < -0.39 is 0 Å². The molecule has 0 N–H and O–H groups in total. The predicted molar refractivity (Wildman–Crippen MR) is 144 cm³/mol. The van der Waals surface area contributed by atoms with Crippen molar-refractivity contribution in [3.05, 3.63) is 71.4 Å². The van der Waals surface area contributed by atoms with Crippen molar-refractivity contribution >= 4 is 17.1 Å². The van der Waals surface area contributed by atoms with Gasteiger partial charge in [-0.1, -0.05) is 39.0 Å². The summed E-state index contributed by atoms with van der Waals surface area (Å²) < 4.78 is 7.99. The molecule has 1 aliphatic rings. The van der Waals surface area contributed by atoms with Crippen LogP contribution < -0.4 is 9.64 Å². The van der Waals surface area contributed by atoms with Gasteiger partial charge in [-0.3, -0.25) is 4.98 Å². The second-order valence-electron chi connectivity index (χ2n) is 11.0. The van der Waals surface area contributed by atoms with Gasteiger partial charge in [0.1, 0.15) is 11.3 Å². The van der Waals surface area contributed by atoms with E-state index in [1.54, 1.807) is 12.4 Å². The first-order chi connectivity index (χ1) is 17.3. The van der Waals surface area contributed by atoms with Crippen LogP contribution >= 0.6 is 0 Å². The average Bonchev–Trinajstić information content (AvgIpc) is 3.25. The van der Waals surface area contributed by atoms with Gasteiger partial charge in [-0.2, -0.15) is 4.98 Å².